The van der Waals surface area contributed by atoms with Crippen LogP contribution in [0.3, 0.4) is 0 Å². The van der Waals surface area contributed by atoms with Gasteiger partial charge in [-0.2, -0.15) is 0 Å². The molecule has 2 bridgehead atoms. The Morgan fingerprint density at radius 2 is 1.65 bits per heavy atom. The topological polar surface area (TPSA) is 41.3 Å². The Labute approximate surface area is 105 Å². The highest BCUT2D eigenvalue weighted by Crippen LogP contribution is 2.33. The number of piperidine rings is 2. The van der Waals surface area contributed by atoms with Crippen LogP contribution < -0.4 is 11.1 Å². The van der Waals surface area contributed by atoms with Crippen LogP contribution in [0, 0.1) is 0 Å². The van der Waals surface area contributed by atoms with Crippen molar-refractivity contribution in [3.63, 3.8) is 0 Å². The van der Waals surface area contributed by atoms with Crippen LogP contribution in [0.15, 0.2) is 0 Å². The third-order valence-corrected chi connectivity index (χ3v) is 5.28. The van der Waals surface area contributed by atoms with E-state index in [4.69, 9.17) is 5.73 Å². The summed E-state index contributed by atoms with van der Waals surface area (Å²) in [6.45, 7) is 0. The molecule has 3 aliphatic rings. The van der Waals surface area contributed by atoms with Crippen molar-refractivity contribution in [2.24, 2.45) is 5.73 Å². The van der Waals surface area contributed by atoms with Gasteiger partial charge in [-0.05, 0) is 52.0 Å². The van der Waals surface area contributed by atoms with Gasteiger partial charge in [0.2, 0.25) is 0 Å². The number of fused-ring (bicyclic) bond motifs is 2. The standard InChI is InChI=1S/C14H27N3/c1-17-13-3-2-4-14(17)9-12(8-13)16-11-6-5-10(15)7-11/h10-14,16H,2-9,15H2,1H3. The lowest BCUT2D eigenvalue weighted by atomic mass is 9.82. The summed E-state index contributed by atoms with van der Waals surface area (Å²) in [5.41, 5.74) is 6.00. The van der Waals surface area contributed by atoms with Crippen molar-refractivity contribution in [3.05, 3.63) is 0 Å². The van der Waals surface area contributed by atoms with Gasteiger partial charge in [0.05, 0.1) is 0 Å². The first-order valence-corrected chi connectivity index (χ1v) is 7.46. The van der Waals surface area contributed by atoms with Crippen molar-refractivity contribution in [2.45, 2.75) is 81.6 Å². The molecular weight excluding hydrogens is 210 g/mol. The maximum atomic E-state index is 6.00. The van der Waals surface area contributed by atoms with Crippen LogP contribution in [0.5, 0.6) is 0 Å². The summed E-state index contributed by atoms with van der Waals surface area (Å²) in [5.74, 6) is 0. The Kier molecular flexibility index (Phi) is 3.42. The molecule has 4 unspecified atom stereocenters. The molecule has 3 rings (SSSR count). The summed E-state index contributed by atoms with van der Waals surface area (Å²) in [7, 11) is 2.33. The molecule has 1 saturated carbocycles. The Bertz CT molecular complexity index is 254. The van der Waals surface area contributed by atoms with Crippen molar-refractivity contribution >= 4 is 0 Å². The highest BCUT2D eigenvalue weighted by Gasteiger charge is 2.37. The van der Waals surface area contributed by atoms with Gasteiger partial charge in [-0.15, -0.1) is 0 Å². The van der Waals surface area contributed by atoms with Crippen LogP contribution in [-0.4, -0.2) is 42.2 Å². The molecule has 2 saturated heterocycles. The zero-order chi connectivity index (χ0) is 11.8. The van der Waals surface area contributed by atoms with Crippen molar-refractivity contribution in [3.8, 4) is 0 Å². The van der Waals surface area contributed by atoms with E-state index in [2.05, 4.69) is 17.3 Å². The van der Waals surface area contributed by atoms with Crippen molar-refractivity contribution in [2.75, 3.05) is 7.05 Å². The number of hydrogen-bond acceptors (Lipinski definition) is 3. The Morgan fingerprint density at radius 3 is 2.24 bits per heavy atom. The first-order chi connectivity index (χ1) is 8.22. The van der Waals surface area contributed by atoms with Gasteiger partial charge in [0.25, 0.3) is 0 Å². The second kappa shape index (κ2) is 4.87. The molecule has 3 nitrogen and oxygen atoms in total. The van der Waals surface area contributed by atoms with Gasteiger partial charge in [-0.1, -0.05) is 6.42 Å². The van der Waals surface area contributed by atoms with Gasteiger partial charge in [0.1, 0.15) is 0 Å². The normalized spacial score (nSPS) is 47.3. The van der Waals surface area contributed by atoms with E-state index in [9.17, 15) is 0 Å². The summed E-state index contributed by atoms with van der Waals surface area (Å²) in [6, 6.07) is 3.61. The molecule has 0 amide bonds. The fourth-order valence-electron chi connectivity index (χ4n) is 4.25. The van der Waals surface area contributed by atoms with E-state index in [1.807, 2.05) is 0 Å². The summed E-state index contributed by atoms with van der Waals surface area (Å²) in [4.78, 5) is 2.64. The van der Waals surface area contributed by atoms with E-state index in [1.54, 1.807) is 0 Å². The molecular formula is C14H27N3. The number of rotatable bonds is 2. The molecule has 2 heterocycles. The lowest BCUT2D eigenvalue weighted by Gasteiger charge is -2.47. The van der Waals surface area contributed by atoms with Crippen LogP contribution in [0.25, 0.3) is 0 Å². The van der Waals surface area contributed by atoms with Crippen LogP contribution >= 0.6 is 0 Å². The van der Waals surface area contributed by atoms with Crippen LogP contribution in [0.1, 0.15) is 51.4 Å². The summed E-state index contributed by atoms with van der Waals surface area (Å²) in [6.07, 6.45) is 10.7. The molecule has 17 heavy (non-hydrogen) atoms. The highest BCUT2D eigenvalue weighted by molar-refractivity contribution is 4.95. The fraction of sp³-hybridized carbons (Fsp3) is 1.00. The average Bonchev–Trinajstić information content (AvgIpc) is 2.66. The molecule has 2 aliphatic heterocycles. The van der Waals surface area contributed by atoms with Gasteiger partial charge in [0, 0.05) is 30.2 Å². The van der Waals surface area contributed by atoms with E-state index < -0.39 is 0 Å². The Balaban J connectivity index is 1.55. The smallest absolute Gasteiger partial charge is 0.0110 e. The highest BCUT2D eigenvalue weighted by atomic mass is 15.2. The maximum Gasteiger partial charge on any atom is 0.0110 e. The predicted molar refractivity (Wildman–Crippen MR) is 71.0 cm³/mol. The van der Waals surface area contributed by atoms with Gasteiger partial charge >= 0.3 is 0 Å². The van der Waals surface area contributed by atoms with Crippen LogP contribution in [-0.2, 0) is 0 Å². The minimum atomic E-state index is 0.457. The Morgan fingerprint density at radius 1 is 0.941 bits per heavy atom. The lowest BCUT2D eigenvalue weighted by molar-refractivity contribution is 0.0459. The van der Waals surface area contributed by atoms with Gasteiger partial charge in [-0.3, -0.25) is 0 Å². The minimum absolute atomic E-state index is 0.457. The third kappa shape index (κ3) is 2.51. The number of nitrogens with zero attached hydrogens (tertiary/aromatic N) is 1. The molecule has 4 atom stereocenters. The zero-order valence-corrected chi connectivity index (χ0v) is 11.1. The summed E-state index contributed by atoms with van der Waals surface area (Å²) in [5, 5.41) is 3.89. The molecule has 0 aromatic heterocycles. The predicted octanol–water partition coefficient (Wildman–Crippen LogP) is 1.47. The molecule has 0 aromatic carbocycles. The summed E-state index contributed by atoms with van der Waals surface area (Å²) < 4.78 is 0. The first-order valence-electron chi connectivity index (χ1n) is 7.46. The number of hydrogen-bond donors (Lipinski definition) is 2. The monoisotopic (exact) mass is 237 g/mol. The van der Waals surface area contributed by atoms with Gasteiger partial charge < -0.3 is 16.0 Å². The average molecular weight is 237 g/mol. The lowest BCUT2D eigenvalue weighted by Crippen LogP contribution is -2.55. The quantitative estimate of drug-likeness (QED) is 0.764. The van der Waals surface area contributed by atoms with E-state index in [0.29, 0.717) is 12.1 Å². The molecule has 0 spiro atoms. The van der Waals surface area contributed by atoms with Crippen molar-refractivity contribution in [1.29, 1.82) is 0 Å². The van der Waals surface area contributed by atoms with Crippen molar-refractivity contribution < 1.29 is 0 Å². The molecule has 3 N–H and O–H groups in total. The van der Waals surface area contributed by atoms with Gasteiger partial charge in [-0.25, -0.2) is 0 Å². The van der Waals surface area contributed by atoms with Gasteiger partial charge in [0.15, 0.2) is 0 Å². The second-order valence-corrected chi connectivity index (χ2v) is 6.51. The molecule has 3 heteroatoms. The first kappa shape index (κ1) is 11.9. The molecule has 3 fully saturated rings. The van der Waals surface area contributed by atoms with E-state index in [1.165, 1.54) is 51.4 Å². The fourth-order valence-corrected chi connectivity index (χ4v) is 4.25. The SMILES string of the molecule is CN1C2CCCC1CC(NC1CCC(N)C1)C2. The van der Waals surface area contributed by atoms with E-state index in [-0.39, 0.29) is 0 Å². The maximum absolute atomic E-state index is 6.00. The van der Waals surface area contributed by atoms with E-state index >= 15 is 0 Å². The molecule has 1 aliphatic carbocycles. The number of nitrogens with two attached hydrogens (primary N) is 1. The largest absolute Gasteiger partial charge is 0.328 e. The molecule has 0 radical (unpaired) electrons. The van der Waals surface area contributed by atoms with Crippen LogP contribution in [0.4, 0.5) is 0 Å². The third-order valence-electron chi connectivity index (χ3n) is 5.28. The minimum Gasteiger partial charge on any atom is -0.328 e. The summed E-state index contributed by atoms with van der Waals surface area (Å²) >= 11 is 0. The zero-order valence-electron chi connectivity index (χ0n) is 11.1. The van der Waals surface area contributed by atoms with Crippen molar-refractivity contribution in [1.82, 2.24) is 10.2 Å². The molecule has 98 valence electrons. The second-order valence-electron chi connectivity index (χ2n) is 6.51. The Hall–Kier alpha value is -0.120. The molecule has 0 aromatic rings. The van der Waals surface area contributed by atoms with Crippen LogP contribution in [0.2, 0.25) is 0 Å². The van der Waals surface area contributed by atoms with E-state index in [0.717, 1.165) is 18.1 Å². The number of nitrogens with one attached hydrogen (secondary N) is 1.